The molecule has 1 fully saturated rings. The lowest BCUT2D eigenvalue weighted by molar-refractivity contribution is -0.122. The summed E-state index contributed by atoms with van der Waals surface area (Å²) >= 11 is 15.1. The Bertz CT molecular complexity index is 1370. The zero-order valence-corrected chi connectivity index (χ0v) is 22.7. The summed E-state index contributed by atoms with van der Waals surface area (Å²) in [6, 6.07) is 18.2. The molecule has 3 aromatic rings. The molecule has 6 nitrogen and oxygen atoms in total. The second-order valence-corrected chi connectivity index (χ2v) is 9.58. The molecule has 0 bridgehead atoms. The van der Waals surface area contributed by atoms with Crippen molar-refractivity contribution in [1.29, 1.82) is 0 Å². The standard InChI is InChI=1S/C27H22BrClN2O4S/c1-3-34-23-14-17(13-21(28)24(23)35-15-18-6-4-5-7-22(18)29)12-20-25(32)30-27(36)31(26(20)33)19-10-8-16(2)9-11-19/h4-14H,3,15H2,1-2H3,(H,30,32,36)/b20-12+. The van der Waals surface area contributed by atoms with Crippen LogP contribution in [0.4, 0.5) is 5.69 Å². The van der Waals surface area contributed by atoms with Crippen LogP contribution < -0.4 is 19.7 Å². The summed E-state index contributed by atoms with van der Waals surface area (Å²) in [4.78, 5) is 27.3. The van der Waals surface area contributed by atoms with Crippen LogP contribution in [0.25, 0.3) is 6.08 Å². The maximum absolute atomic E-state index is 13.3. The molecule has 9 heteroatoms. The number of rotatable bonds is 7. The van der Waals surface area contributed by atoms with E-state index >= 15 is 0 Å². The summed E-state index contributed by atoms with van der Waals surface area (Å²) in [7, 11) is 0. The van der Waals surface area contributed by atoms with E-state index in [0.29, 0.717) is 38.9 Å². The van der Waals surface area contributed by atoms with Gasteiger partial charge >= 0.3 is 0 Å². The highest BCUT2D eigenvalue weighted by atomic mass is 79.9. The van der Waals surface area contributed by atoms with Crippen LogP contribution in [-0.2, 0) is 16.2 Å². The number of nitrogens with zero attached hydrogens (tertiary/aromatic N) is 1. The SMILES string of the molecule is CCOc1cc(/C=C2\C(=O)NC(=S)N(c3ccc(C)cc3)C2=O)cc(Br)c1OCc1ccccc1Cl. The van der Waals surface area contributed by atoms with Crippen molar-refractivity contribution in [2.75, 3.05) is 11.5 Å². The van der Waals surface area contributed by atoms with Crippen LogP contribution in [0.2, 0.25) is 5.02 Å². The van der Waals surface area contributed by atoms with Gasteiger partial charge in [-0.1, -0.05) is 47.5 Å². The van der Waals surface area contributed by atoms with Crippen LogP contribution in [0.3, 0.4) is 0 Å². The van der Waals surface area contributed by atoms with Gasteiger partial charge in [-0.2, -0.15) is 0 Å². The quantitative estimate of drug-likeness (QED) is 0.203. The van der Waals surface area contributed by atoms with Crippen molar-refractivity contribution >= 4 is 68.4 Å². The Morgan fingerprint density at radius 1 is 1.08 bits per heavy atom. The molecule has 2 amide bonds. The molecule has 184 valence electrons. The van der Waals surface area contributed by atoms with Crippen LogP contribution >= 0.6 is 39.7 Å². The van der Waals surface area contributed by atoms with E-state index in [1.54, 1.807) is 30.3 Å². The number of nitrogens with one attached hydrogen (secondary N) is 1. The van der Waals surface area contributed by atoms with Crippen LogP contribution in [0.15, 0.2) is 70.7 Å². The van der Waals surface area contributed by atoms with E-state index in [1.807, 2.05) is 44.2 Å². The highest BCUT2D eigenvalue weighted by Gasteiger charge is 2.34. The number of carbonyl (C=O) groups is 2. The molecule has 1 heterocycles. The molecule has 0 radical (unpaired) electrons. The average Bonchev–Trinajstić information content (AvgIpc) is 2.83. The Morgan fingerprint density at radius 3 is 2.50 bits per heavy atom. The van der Waals surface area contributed by atoms with Gasteiger partial charge in [0.1, 0.15) is 12.2 Å². The van der Waals surface area contributed by atoms with Crippen molar-refractivity contribution < 1.29 is 19.1 Å². The molecule has 0 spiro atoms. The summed E-state index contributed by atoms with van der Waals surface area (Å²) in [5.41, 5.74) is 2.96. The topological polar surface area (TPSA) is 67.9 Å². The molecule has 0 aromatic heterocycles. The molecule has 1 aliphatic rings. The van der Waals surface area contributed by atoms with Crippen LogP contribution in [0, 0.1) is 6.92 Å². The van der Waals surface area contributed by atoms with Gasteiger partial charge in [-0.3, -0.25) is 19.8 Å². The van der Waals surface area contributed by atoms with Crippen molar-refractivity contribution in [3.8, 4) is 11.5 Å². The van der Waals surface area contributed by atoms with E-state index in [0.717, 1.165) is 11.1 Å². The number of anilines is 1. The van der Waals surface area contributed by atoms with E-state index in [-0.39, 0.29) is 17.3 Å². The zero-order chi connectivity index (χ0) is 25.8. The number of halogens is 2. The Balaban J connectivity index is 1.66. The van der Waals surface area contributed by atoms with Crippen molar-refractivity contribution in [1.82, 2.24) is 5.32 Å². The second-order valence-electron chi connectivity index (χ2n) is 7.94. The fraction of sp³-hybridized carbons (Fsp3) is 0.148. The molecule has 0 atom stereocenters. The van der Waals surface area contributed by atoms with Gasteiger partial charge in [0.05, 0.1) is 16.8 Å². The number of hydrogen-bond acceptors (Lipinski definition) is 5. The predicted octanol–water partition coefficient (Wildman–Crippen LogP) is 6.22. The summed E-state index contributed by atoms with van der Waals surface area (Å²) in [6.07, 6.45) is 1.51. The molecule has 1 N–H and O–H groups in total. The van der Waals surface area contributed by atoms with Gasteiger partial charge in [0.25, 0.3) is 11.8 Å². The number of thiocarbonyl (C=S) groups is 1. The maximum atomic E-state index is 13.3. The van der Waals surface area contributed by atoms with Crippen molar-refractivity contribution in [2.45, 2.75) is 20.5 Å². The van der Waals surface area contributed by atoms with E-state index in [2.05, 4.69) is 21.2 Å². The summed E-state index contributed by atoms with van der Waals surface area (Å²) < 4.78 is 12.4. The second kappa shape index (κ2) is 11.2. The van der Waals surface area contributed by atoms with E-state index in [4.69, 9.17) is 33.3 Å². The minimum atomic E-state index is -0.568. The smallest absolute Gasteiger partial charge is 0.270 e. The average molecular weight is 586 g/mol. The molecule has 0 unspecified atom stereocenters. The molecule has 0 saturated carbocycles. The molecule has 36 heavy (non-hydrogen) atoms. The highest BCUT2D eigenvalue weighted by molar-refractivity contribution is 9.10. The first-order valence-corrected chi connectivity index (χ1v) is 12.7. The van der Waals surface area contributed by atoms with Crippen molar-refractivity contribution in [3.05, 3.63) is 92.4 Å². The van der Waals surface area contributed by atoms with E-state index in [9.17, 15) is 9.59 Å². The van der Waals surface area contributed by atoms with Gasteiger partial charge in [0, 0.05) is 10.6 Å². The van der Waals surface area contributed by atoms with E-state index < -0.39 is 11.8 Å². The molecular formula is C27H22BrClN2O4S. The maximum Gasteiger partial charge on any atom is 0.270 e. The summed E-state index contributed by atoms with van der Waals surface area (Å²) in [6.45, 7) is 4.44. The molecule has 1 aliphatic heterocycles. The largest absolute Gasteiger partial charge is 0.490 e. The third-order valence-corrected chi connectivity index (χ3v) is 6.61. The van der Waals surface area contributed by atoms with Gasteiger partial charge in [0.15, 0.2) is 16.6 Å². The number of benzene rings is 3. The lowest BCUT2D eigenvalue weighted by atomic mass is 10.1. The predicted molar refractivity (Wildman–Crippen MR) is 148 cm³/mol. The first-order valence-electron chi connectivity index (χ1n) is 11.1. The van der Waals surface area contributed by atoms with Gasteiger partial charge in [-0.25, -0.2) is 0 Å². The van der Waals surface area contributed by atoms with Gasteiger partial charge in [0.2, 0.25) is 0 Å². The Morgan fingerprint density at radius 2 is 1.81 bits per heavy atom. The molecule has 4 rings (SSSR count). The van der Waals surface area contributed by atoms with Crippen molar-refractivity contribution in [2.24, 2.45) is 0 Å². The number of ether oxygens (including phenoxy) is 2. The van der Waals surface area contributed by atoms with Crippen LogP contribution in [0.5, 0.6) is 11.5 Å². The minimum absolute atomic E-state index is 0.0329. The molecule has 1 saturated heterocycles. The van der Waals surface area contributed by atoms with Gasteiger partial charge in [-0.15, -0.1) is 0 Å². The highest BCUT2D eigenvalue weighted by Crippen LogP contribution is 2.38. The fourth-order valence-electron chi connectivity index (χ4n) is 3.59. The summed E-state index contributed by atoms with van der Waals surface area (Å²) in [5, 5.41) is 3.24. The normalized spacial score (nSPS) is 14.7. The van der Waals surface area contributed by atoms with Crippen molar-refractivity contribution in [3.63, 3.8) is 0 Å². The lowest BCUT2D eigenvalue weighted by Crippen LogP contribution is -2.54. The minimum Gasteiger partial charge on any atom is -0.490 e. The van der Waals surface area contributed by atoms with E-state index in [1.165, 1.54) is 11.0 Å². The van der Waals surface area contributed by atoms with Gasteiger partial charge in [-0.05, 0) is 84.0 Å². The summed E-state index contributed by atoms with van der Waals surface area (Å²) in [5.74, 6) is -0.136. The first kappa shape index (κ1) is 25.9. The van der Waals surface area contributed by atoms with Gasteiger partial charge < -0.3 is 9.47 Å². The van der Waals surface area contributed by atoms with Crippen LogP contribution in [0.1, 0.15) is 23.6 Å². The third-order valence-electron chi connectivity index (χ3n) is 5.37. The Hall–Kier alpha value is -3.20. The monoisotopic (exact) mass is 584 g/mol. The molecule has 3 aromatic carbocycles. The number of carbonyl (C=O) groups excluding carboxylic acids is 2. The molecular weight excluding hydrogens is 564 g/mol. The Kier molecular flexibility index (Phi) is 8.08. The number of hydrogen-bond donors (Lipinski definition) is 1. The number of amides is 2. The Labute approximate surface area is 228 Å². The number of aryl methyl sites for hydroxylation is 1. The van der Waals surface area contributed by atoms with Crippen LogP contribution in [-0.4, -0.2) is 23.5 Å². The zero-order valence-electron chi connectivity index (χ0n) is 19.5. The molecule has 0 aliphatic carbocycles. The third kappa shape index (κ3) is 5.61. The fourth-order valence-corrected chi connectivity index (χ4v) is 4.64. The lowest BCUT2D eigenvalue weighted by Gasteiger charge is -2.29. The first-order chi connectivity index (χ1) is 17.3.